The van der Waals surface area contributed by atoms with E-state index in [4.69, 9.17) is 18.5 Å². The number of nitrogens with one attached hydrogen (secondary N) is 2. The number of halogens is 1. The summed E-state index contributed by atoms with van der Waals surface area (Å²) in [6, 6.07) is 7.33. The molecule has 1 aliphatic heterocycles. The molecule has 1 aromatic carbocycles. The molecule has 4 N–H and O–H groups in total. The summed E-state index contributed by atoms with van der Waals surface area (Å²) in [4.78, 5) is 38.0. The molecule has 15 heteroatoms. The van der Waals surface area contributed by atoms with Crippen molar-refractivity contribution in [2.45, 2.75) is 56.7 Å². The van der Waals surface area contributed by atoms with Crippen LogP contribution in [0.3, 0.4) is 0 Å². The summed E-state index contributed by atoms with van der Waals surface area (Å²) in [6.07, 6.45) is -2.82. The van der Waals surface area contributed by atoms with Crippen LogP contribution in [0.1, 0.15) is 20.8 Å². The summed E-state index contributed by atoms with van der Waals surface area (Å²) in [5.41, 5.74) is -4.33. The van der Waals surface area contributed by atoms with E-state index in [1.165, 1.54) is 19.1 Å². The van der Waals surface area contributed by atoms with E-state index < -0.39 is 67.5 Å². The zero-order valence-corrected chi connectivity index (χ0v) is 21.7. The first-order chi connectivity index (χ1) is 17.8. The van der Waals surface area contributed by atoms with Gasteiger partial charge in [0.25, 0.3) is 11.4 Å². The second kappa shape index (κ2) is 11.3. The Bertz CT molecular complexity index is 1320. The molecular formula is C23H29FN3O10P. The van der Waals surface area contributed by atoms with E-state index in [0.717, 1.165) is 18.3 Å². The Labute approximate surface area is 216 Å². The minimum atomic E-state index is -4.54. The first kappa shape index (κ1) is 29.4. The van der Waals surface area contributed by atoms with E-state index in [-0.39, 0.29) is 5.75 Å². The summed E-state index contributed by atoms with van der Waals surface area (Å²) in [5.74, 6) is -3.87. The Hall–Kier alpha value is -3.13. The lowest BCUT2D eigenvalue weighted by Gasteiger charge is -2.56. The van der Waals surface area contributed by atoms with Crippen molar-refractivity contribution in [1.29, 1.82) is 0 Å². The summed E-state index contributed by atoms with van der Waals surface area (Å²) in [5, 5.41) is 23.6. The summed E-state index contributed by atoms with van der Waals surface area (Å²) in [6.45, 7) is 6.68. The van der Waals surface area contributed by atoms with Crippen LogP contribution in [0.2, 0.25) is 0 Å². The van der Waals surface area contributed by atoms with Gasteiger partial charge in [0, 0.05) is 12.3 Å². The summed E-state index contributed by atoms with van der Waals surface area (Å²) in [7, 11) is -4.54. The van der Waals surface area contributed by atoms with Crippen LogP contribution >= 0.6 is 7.75 Å². The molecule has 0 aliphatic carbocycles. The van der Waals surface area contributed by atoms with Gasteiger partial charge in [-0.1, -0.05) is 24.3 Å². The van der Waals surface area contributed by atoms with Crippen LogP contribution in [0, 0.1) is 0 Å². The molecule has 208 valence electrons. The molecule has 13 nitrogen and oxygen atoms in total. The molecule has 0 saturated carbocycles. The number of rotatable bonds is 12. The largest absolute Gasteiger partial charge is 0.462 e. The van der Waals surface area contributed by atoms with Gasteiger partial charge in [-0.2, -0.15) is 5.09 Å². The van der Waals surface area contributed by atoms with Crippen molar-refractivity contribution in [1.82, 2.24) is 14.6 Å². The number of esters is 1. The van der Waals surface area contributed by atoms with Gasteiger partial charge in [0.05, 0.1) is 6.10 Å². The van der Waals surface area contributed by atoms with Gasteiger partial charge in [0.15, 0.2) is 6.10 Å². The number of aliphatic hydroxyl groups is 2. The zero-order chi connectivity index (χ0) is 28.3. The average Bonchev–Trinajstić information content (AvgIpc) is 2.85. The topological polar surface area (TPSA) is 178 Å². The molecule has 0 bridgehead atoms. The van der Waals surface area contributed by atoms with E-state index in [2.05, 4.69) is 11.7 Å². The highest BCUT2D eigenvalue weighted by Crippen LogP contribution is 2.52. The number of ether oxygens (including phenoxy) is 2. The van der Waals surface area contributed by atoms with Gasteiger partial charge in [0.2, 0.25) is 5.72 Å². The number of hydrogen-bond donors (Lipinski definition) is 4. The Morgan fingerprint density at radius 3 is 2.53 bits per heavy atom. The minimum absolute atomic E-state index is 0.0481. The molecule has 0 spiro atoms. The molecule has 38 heavy (non-hydrogen) atoms. The third kappa shape index (κ3) is 5.96. The van der Waals surface area contributed by atoms with Crippen LogP contribution in [0.5, 0.6) is 5.75 Å². The minimum Gasteiger partial charge on any atom is -0.462 e. The van der Waals surface area contributed by atoms with Crippen LogP contribution in [-0.2, 0) is 29.1 Å². The zero-order valence-electron chi connectivity index (χ0n) is 20.8. The smallest absolute Gasteiger partial charge is 0.459 e. The number of hydrogen-bond acceptors (Lipinski definition) is 10. The van der Waals surface area contributed by atoms with Crippen LogP contribution in [-0.4, -0.2) is 62.5 Å². The monoisotopic (exact) mass is 557 g/mol. The maximum Gasteiger partial charge on any atom is 0.459 e. The number of carbonyl (C=O) groups excluding carboxylic acids is 1. The number of para-hydroxylation sites is 1. The number of benzene rings is 1. The van der Waals surface area contributed by atoms with E-state index in [1.807, 2.05) is 4.98 Å². The predicted octanol–water partition coefficient (Wildman–Crippen LogP) is 0.927. The van der Waals surface area contributed by atoms with Gasteiger partial charge in [-0.3, -0.25) is 23.7 Å². The van der Waals surface area contributed by atoms with E-state index in [1.54, 1.807) is 32.0 Å². The molecule has 2 aromatic rings. The molecule has 1 aliphatic rings. The highest BCUT2D eigenvalue weighted by atomic mass is 31.2. The van der Waals surface area contributed by atoms with Gasteiger partial charge in [-0.05, 0) is 32.9 Å². The molecular weight excluding hydrogens is 528 g/mol. The Kier molecular flexibility index (Phi) is 8.76. The number of carbonyl (C=O) groups is 1. The van der Waals surface area contributed by atoms with Crippen molar-refractivity contribution in [3.05, 3.63) is 76.1 Å². The molecule has 1 saturated heterocycles. The highest BCUT2D eigenvalue weighted by molar-refractivity contribution is 7.52. The number of alkyl halides is 1. The summed E-state index contributed by atoms with van der Waals surface area (Å²) >= 11 is 0. The van der Waals surface area contributed by atoms with Gasteiger partial charge < -0.3 is 24.2 Å². The van der Waals surface area contributed by atoms with E-state index in [9.17, 15) is 29.2 Å². The third-order valence-electron chi connectivity index (χ3n) is 5.44. The van der Waals surface area contributed by atoms with Crippen LogP contribution in [0.25, 0.3) is 0 Å². The number of nitrogens with zero attached hydrogens (tertiary/aromatic N) is 1. The lowest BCUT2D eigenvalue weighted by molar-refractivity contribution is -0.453. The molecule has 0 amide bonds. The summed E-state index contributed by atoms with van der Waals surface area (Å²) < 4.78 is 50.8. The van der Waals surface area contributed by atoms with Crippen molar-refractivity contribution in [2.75, 3.05) is 6.61 Å². The van der Waals surface area contributed by atoms with Gasteiger partial charge in [-0.25, -0.2) is 13.8 Å². The highest BCUT2D eigenvalue weighted by Gasteiger charge is 2.71. The predicted molar refractivity (Wildman–Crippen MR) is 131 cm³/mol. The van der Waals surface area contributed by atoms with Crippen LogP contribution in [0.15, 0.2) is 64.8 Å². The maximum absolute atomic E-state index is 15.7. The van der Waals surface area contributed by atoms with Crippen molar-refractivity contribution >= 4 is 13.7 Å². The Morgan fingerprint density at radius 2 is 1.97 bits per heavy atom. The fourth-order valence-electron chi connectivity index (χ4n) is 3.66. The average molecular weight is 557 g/mol. The number of aromatic nitrogens is 2. The van der Waals surface area contributed by atoms with Crippen LogP contribution < -0.4 is 20.9 Å². The Balaban J connectivity index is 1.86. The SMILES string of the molecule is C=C[C@H](O)[C@@]1(n2ccc(=O)[nH]c2=O)O[C@](F)(COP(=O)(NC(C)C(=O)OC(C)C)Oc2ccccc2)[C@H]1O. The van der Waals surface area contributed by atoms with Crippen molar-refractivity contribution in [3.63, 3.8) is 0 Å². The maximum atomic E-state index is 15.7. The molecule has 2 heterocycles. The second-order valence-corrected chi connectivity index (χ2v) is 10.4. The molecule has 2 unspecified atom stereocenters. The van der Waals surface area contributed by atoms with Gasteiger partial charge in [0.1, 0.15) is 24.5 Å². The van der Waals surface area contributed by atoms with Gasteiger partial charge >= 0.3 is 19.4 Å². The van der Waals surface area contributed by atoms with Crippen LogP contribution in [0.4, 0.5) is 4.39 Å². The number of H-pyrrole nitrogens is 1. The molecule has 6 atom stereocenters. The van der Waals surface area contributed by atoms with Crippen molar-refractivity contribution in [2.24, 2.45) is 0 Å². The van der Waals surface area contributed by atoms with E-state index in [0.29, 0.717) is 4.57 Å². The normalized spacial score (nSPS) is 26.0. The van der Waals surface area contributed by atoms with E-state index >= 15 is 4.39 Å². The first-order valence-corrected chi connectivity index (χ1v) is 13.0. The quantitative estimate of drug-likeness (QED) is 0.166. The first-order valence-electron chi connectivity index (χ1n) is 11.4. The Morgan fingerprint density at radius 1 is 1.32 bits per heavy atom. The third-order valence-corrected chi connectivity index (χ3v) is 7.06. The fraction of sp³-hybridized carbons (Fsp3) is 0.435. The molecule has 1 fully saturated rings. The van der Waals surface area contributed by atoms with Gasteiger partial charge in [-0.15, -0.1) is 6.58 Å². The lowest BCUT2D eigenvalue weighted by Crippen LogP contribution is -2.77. The molecule has 3 rings (SSSR count). The second-order valence-electron chi connectivity index (χ2n) is 8.72. The standard InChI is InChI=1S/C23H29FN3O10P/c1-5-17(28)23(27-12-11-18(29)25-21(27)32)20(31)22(24,37-23)13-34-38(33,36-16-9-7-6-8-10-16)26-15(4)19(30)35-14(2)3/h5-12,14-15,17,20,28,31H,1,13H2,2-4H3,(H,26,33)(H,25,29,32)/t15?,17-,20+,22+,23+,38?/m0/s1. The van der Waals surface area contributed by atoms with Crippen molar-refractivity contribution in [3.8, 4) is 5.75 Å². The van der Waals surface area contributed by atoms with Crippen molar-refractivity contribution < 1.29 is 42.5 Å². The number of aliphatic hydroxyl groups excluding tert-OH is 2. The fourth-order valence-corrected chi connectivity index (χ4v) is 5.16. The molecule has 1 aromatic heterocycles. The number of aromatic amines is 1. The molecule has 0 radical (unpaired) electrons. The lowest BCUT2D eigenvalue weighted by atomic mass is 9.86.